The van der Waals surface area contributed by atoms with E-state index >= 15 is 0 Å². The molecule has 0 saturated heterocycles. The predicted octanol–water partition coefficient (Wildman–Crippen LogP) is 3.57. The maximum Gasteiger partial charge on any atom is 0.129 e. The molecule has 0 unspecified atom stereocenters. The van der Waals surface area contributed by atoms with Gasteiger partial charge in [0.25, 0.3) is 0 Å². The van der Waals surface area contributed by atoms with Gasteiger partial charge in [-0.1, -0.05) is 28.7 Å². The Hall–Kier alpha value is -0.190. The molecule has 0 aromatic heterocycles. The minimum atomic E-state index is -0.484. The van der Waals surface area contributed by atoms with Crippen LogP contribution in [0.25, 0.3) is 0 Å². The van der Waals surface area contributed by atoms with Gasteiger partial charge in [0.15, 0.2) is 0 Å². The van der Waals surface area contributed by atoms with E-state index in [1.807, 2.05) is 0 Å². The van der Waals surface area contributed by atoms with Crippen LogP contribution in [0.2, 0.25) is 0 Å². The molecular weight excluding hydrogens is 297 g/mol. The van der Waals surface area contributed by atoms with E-state index in [2.05, 4.69) is 22.6 Å². The summed E-state index contributed by atoms with van der Waals surface area (Å²) in [6.07, 6.45) is 3.18. The monoisotopic (exact) mass is 306 g/mol. The van der Waals surface area contributed by atoms with Crippen LogP contribution >= 0.6 is 22.6 Å². The minimum absolute atomic E-state index is 0.0545. The molecule has 2 bridgehead atoms. The summed E-state index contributed by atoms with van der Waals surface area (Å²) in [5.41, 5.74) is 0.774. The first-order chi connectivity index (χ1) is 6.53. The highest BCUT2D eigenvalue weighted by Gasteiger charge is 2.67. The van der Waals surface area contributed by atoms with Crippen molar-refractivity contribution < 1.29 is 8.78 Å². The summed E-state index contributed by atoms with van der Waals surface area (Å²) in [7, 11) is 0. The molecule has 14 heavy (non-hydrogen) atoms. The zero-order valence-corrected chi connectivity index (χ0v) is 9.64. The van der Waals surface area contributed by atoms with Crippen LogP contribution in [0.4, 0.5) is 8.78 Å². The molecule has 0 spiro atoms. The average Bonchev–Trinajstić information content (AvgIpc) is 1.98. The lowest BCUT2D eigenvalue weighted by Gasteiger charge is -2.68. The van der Waals surface area contributed by atoms with Gasteiger partial charge in [0.1, 0.15) is 11.6 Å². The van der Waals surface area contributed by atoms with Crippen molar-refractivity contribution in [1.29, 1.82) is 0 Å². The van der Waals surface area contributed by atoms with Crippen molar-refractivity contribution in [2.75, 3.05) is 0 Å². The number of rotatable bonds is 1. The maximum atomic E-state index is 13.5. The molecule has 0 aliphatic heterocycles. The second-order valence-electron chi connectivity index (χ2n) is 4.59. The lowest BCUT2D eigenvalue weighted by atomic mass is 9.42. The molecule has 3 saturated carbocycles. The molecule has 0 N–H and O–H groups in total. The van der Waals surface area contributed by atoms with E-state index in [0.717, 1.165) is 30.9 Å². The largest absolute Gasteiger partial charge is 0.207 e. The van der Waals surface area contributed by atoms with E-state index in [-0.39, 0.29) is 11.2 Å². The highest BCUT2D eigenvalue weighted by molar-refractivity contribution is 14.1. The molecule has 3 aliphatic rings. The van der Waals surface area contributed by atoms with Crippen LogP contribution in [-0.2, 0) is 5.41 Å². The molecule has 0 radical (unpaired) electrons. The maximum absolute atomic E-state index is 13.5. The van der Waals surface area contributed by atoms with Gasteiger partial charge in [-0.05, 0) is 30.9 Å². The molecular formula is C11H9F2I. The standard InChI is InChI=1S/C11H9F2I/c12-7-1-2-8(9(13)3-7)10-4-11(14,5-10)6-10/h1-3H,4-6H2. The van der Waals surface area contributed by atoms with Gasteiger partial charge < -0.3 is 0 Å². The summed E-state index contributed by atoms with van der Waals surface area (Å²) in [5, 5.41) is 0. The third kappa shape index (κ3) is 1.02. The summed E-state index contributed by atoms with van der Waals surface area (Å²) in [6.45, 7) is 0. The normalized spacial score (nSPS) is 38.8. The Kier molecular flexibility index (Phi) is 1.61. The third-order valence-corrected chi connectivity index (χ3v) is 4.61. The van der Waals surface area contributed by atoms with Crippen molar-refractivity contribution in [1.82, 2.24) is 0 Å². The van der Waals surface area contributed by atoms with Crippen LogP contribution in [0.15, 0.2) is 18.2 Å². The number of hydrogen-bond donors (Lipinski definition) is 0. The molecule has 3 fully saturated rings. The summed E-state index contributed by atoms with van der Waals surface area (Å²) >= 11 is 2.45. The van der Waals surface area contributed by atoms with Gasteiger partial charge >= 0.3 is 0 Å². The molecule has 0 heterocycles. The van der Waals surface area contributed by atoms with Crippen molar-refractivity contribution in [2.45, 2.75) is 28.1 Å². The highest BCUT2D eigenvalue weighted by Crippen LogP contribution is 2.72. The number of benzene rings is 1. The summed E-state index contributed by atoms with van der Waals surface area (Å²) in [6, 6.07) is 3.97. The zero-order chi connectivity index (χ0) is 9.97. The second kappa shape index (κ2) is 2.49. The van der Waals surface area contributed by atoms with Crippen molar-refractivity contribution in [3.8, 4) is 0 Å². The quantitative estimate of drug-likeness (QED) is 0.549. The Labute approximate surface area is 94.8 Å². The Balaban J connectivity index is 1.99. The van der Waals surface area contributed by atoms with E-state index in [1.54, 1.807) is 6.07 Å². The lowest BCUT2D eigenvalue weighted by molar-refractivity contribution is 0.0187. The number of hydrogen-bond acceptors (Lipinski definition) is 0. The zero-order valence-electron chi connectivity index (χ0n) is 7.49. The fourth-order valence-corrected chi connectivity index (χ4v) is 5.06. The number of halogens is 3. The second-order valence-corrected chi connectivity index (χ2v) is 6.87. The van der Waals surface area contributed by atoms with Gasteiger partial charge in [0, 0.05) is 14.9 Å². The topological polar surface area (TPSA) is 0 Å². The summed E-state index contributed by atoms with van der Waals surface area (Å²) in [4.78, 5) is 0. The molecule has 4 rings (SSSR count). The molecule has 0 nitrogen and oxygen atoms in total. The molecule has 3 aliphatic carbocycles. The minimum Gasteiger partial charge on any atom is -0.207 e. The third-order valence-electron chi connectivity index (χ3n) is 3.47. The van der Waals surface area contributed by atoms with Crippen LogP contribution in [0.1, 0.15) is 24.8 Å². The van der Waals surface area contributed by atoms with E-state index in [9.17, 15) is 8.78 Å². The first-order valence-electron chi connectivity index (χ1n) is 4.68. The smallest absolute Gasteiger partial charge is 0.129 e. The molecule has 1 aromatic rings. The van der Waals surface area contributed by atoms with Gasteiger partial charge in [0.2, 0.25) is 0 Å². The average molecular weight is 306 g/mol. The van der Waals surface area contributed by atoms with Crippen molar-refractivity contribution >= 4 is 22.6 Å². The van der Waals surface area contributed by atoms with Crippen LogP contribution in [0.5, 0.6) is 0 Å². The Morgan fingerprint density at radius 2 is 1.79 bits per heavy atom. The number of alkyl halides is 1. The highest BCUT2D eigenvalue weighted by atomic mass is 127. The first-order valence-corrected chi connectivity index (χ1v) is 5.76. The Bertz CT molecular complexity index is 394. The molecule has 1 aromatic carbocycles. The molecule has 3 heteroatoms. The molecule has 74 valence electrons. The SMILES string of the molecule is Fc1ccc(C23CC(I)(C2)C3)c(F)c1. The predicted molar refractivity (Wildman–Crippen MR) is 58.6 cm³/mol. The van der Waals surface area contributed by atoms with Gasteiger partial charge in [-0.15, -0.1) is 0 Å². The molecule has 0 amide bonds. The van der Waals surface area contributed by atoms with Crippen LogP contribution in [0, 0.1) is 11.6 Å². The van der Waals surface area contributed by atoms with Gasteiger partial charge in [-0.2, -0.15) is 0 Å². The van der Waals surface area contributed by atoms with E-state index < -0.39 is 5.82 Å². The Morgan fingerprint density at radius 3 is 2.29 bits per heavy atom. The van der Waals surface area contributed by atoms with Crippen LogP contribution in [0.3, 0.4) is 0 Å². The van der Waals surface area contributed by atoms with Crippen molar-refractivity contribution in [2.24, 2.45) is 0 Å². The van der Waals surface area contributed by atoms with E-state index in [0.29, 0.717) is 3.42 Å². The summed E-state index contributed by atoms with van der Waals surface area (Å²) < 4.78 is 26.6. The van der Waals surface area contributed by atoms with Gasteiger partial charge in [0.05, 0.1) is 0 Å². The Morgan fingerprint density at radius 1 is 1.14 bits per heavy atom. The summed E-state index contributed by atoms with van der Waals surface area (Å²) in [5.74, 6) is -0.856. The van der Waals surface area contributed by atoms with Gasteiger partial charge in [-0.25, -0.2) is 8.78 Å². The lowest BCUT2D eigenvalue weighted by Crippen LogP contribution is -2.66. The van der Waals surface area contributed by atoms with E-state index in [4.69, 9.17) is 0 Å². The van der Waals surface area contributed by atoms with Crippen LogP contribution < -0.4 is 0 Å². The molecule has 0 atom stereocenters. The fraction of sp³-hybridized carbons (Fsp3) is 0.455. The van der Waals surface area contributed by atoms with Crippen LogP contribution in [-0.4, -0.2) is 3.42 Å². The van der Waals surface area contributed by atoms with E-state index in [1.165, 1.54) is 6.07 Å². The fourth-order valence-electron chi connectivity index (χ4n) is 2.87. The van der Waals surface area contributed by atoms with Crippen molar-refractivity contribution in [3.05, 3.63) is 35.4 Å². The van der Waals surface area contributed by atoms with Crippen molar-refractivity contribution in [3.63, 3.8) is 0 Å². The first kappa shape index (κ1) is 9.07. The van der Waals surface area contributed by atoms with Gasteiger partial charge in [-0.3, -0.25) is 0 Å².